The number of rotatable bonds is 10. The van der Waals surface area contributed by atoms with Crippen molar-refractivity contribution < 1.29 is 4.74 Å². The average Bonchev–Trinajstić information content (AvgIpc) is 2.21. The molecule has 0 heterocycles. The zero-order valence-electron chi connectivity index (χ0n) is 11.0. The Balaban J connectivity index is 3.05. The molecule has 1 atom stereocenters. The third kappa shape index (κ3) is 10.2. The molecule has 0 spiro atoms. The normalized spacial score (nSPS) is 13.4. The lowest BCUT2D eigenvalue weighted by Crippen LogP contribution is -2.24. The van der Waals surface area contributed by atoms with E-state index in [4.69, 9.17) is 4.74 Å². The van der Waals surface area contributed by atoms with Crippen molar-refractivity contribution in [2.75, 3.05) is 19.7 Å². The van der Waals surface area contributed by atoms with Crippen LogP contribution in [0.5, 0.6) is 0 Å². The third-order valence-corrected chi connectivity index (χ3v) is 2.81. The molecule has 2 nitrogen and oxygen atoms in total. The van der Waals surface area contributed by atoms with Gasteiger partial charge in [-0.3, -0.25) is 0 Å². The summed E-state index contributed by atoms with van der Waals surface area (Å²) in [4.78, 5) is 0. The highest BCUT2D eigenvalue weighted by atomic mass is 16.5. The second kappa shape index (κ2) is 10.4. The Kier molecular flexibility index (Phi) is 10.4. The Labute approximate surface area is 95.8 Å². The monoisotopic (exact) mass is 215 g/mol. The standard InChI is InChI=1S/C13H29NO/c1-5-6-7-8-9-14-10-11-15-13(4)12(2)3/h12-14H,5-11H2,1-4H3. The molecule has 0 saturated heterocycles. The van der Waals surface area contributed by atoms with Crippen LogP contribution >= 0.6 is 0 Å². The van der Waals surface area contributed by atoms with Gasteiger partial charge in [0.05, 0.1) is 12.7 Å². The molecule has 0 aromatic carbocycles. The lowest BCUT2D eigenvalue weighted by Gasteiger charge is -2.16. The van der Waals surface area contributed by atoms with Crippen molar-refractivity contribution in [2.45, 2.75) is 59.5 Å². The summed E-state index contributed by atoms with van der Waals surface area (Å²) < 4.78 is 5.67. The average molecular weight is 215 g/mol. The van der Waals surface area contributed by atoms with Crippen LogP contribution in [0.15, 0.2) is 0 Å². The predicted octanol–water partition coefficient (Wildman–Crippen LogP) is 3.22. The van der Waals surface area contributed by atoms with Crippen LogP contribution < -0.4 is 5.32 Å². The van der Waals surface area contributed by atoms with Crippen molar-refractivity contribution in [3.05, 3.63) is 0 Å². The van der Waals surface area contributed by atoms with Gasteiger partial charge in [-0.1, -0.05) is 40.0 Å². The van der Waals surface area contributed by atoms with Crippen LogP contribution in [-0.4, -0.2) is 25.8 Å². The maximum absolute atomic E-state index is 5.67. The molecule has 1 unspecified atom stereocenters. The van der Waals surface area contributed by atoms with Gasteiger partial charge in [-0.05, 0) is 25.8 Å². The fraction of sp³-hybridized carbons (Fsp3) is 1.00. The first-order chi connectivity index (χ1) is 7.18. The van der Waals surface area contributed by atoms with E-state index in [1.165, 1.54) is 25.7 Å². The van der Waals surface area contributed by atoms with Crippen LogP contribution in [0, 0.1) is 5.92 Å². The highest BCUT2D eigenvalue weighted by molar-refractivity contribution is 4.55. The minimum absolute atomic E-state index is 0.381. The van der Waals surface area contributed by atoms with E-state index in [9.17, 15) is 0 Å². The predicted molar refractivity (Wildman–Crippen MR) is 67.3 cm³/mol. The van der Waals surface area contributed by atoms with E-state index in [0.717, 1.165) is 19.7 Å². The van der Waals surface area contributed by atoms with E-state index in [-0.39, 0.29) is 0 Å². The number of ether oxygens (including phenoxy) is 1. The summed E-state index contributed by atoms with van der Waals surface area (Å²) in [5.74, 6) is 0.620. The van der Waals surface area contributed by atoms with Gasteiger partial charge in [0.1, 0.15) is 0 Å². The fourth-order valence-electron chi connectivity index (χ4n) is 1.31. The largest absolute Gasteiger partial charge is 0.377 e. The second-order valence-corrected chi connectivity index (χ2v) is 4.63. The summed E-state index contributed by atoms with van der Waals surface area (Å²) >= 11 is 0. The van der Waals surface area contributed by atoms with E-state index in [2.05, 4.69) is 33.0 Å². The second-order valence-electron chi connectivity index (χ2n) is 4.63. The molecule has 0 saturated carbocycles. The molecule has 0 aromatic heterocycles. The SMILES string of the molecule is CCCCCCNCCOC(C)C(C)C. The molecule has 0 radical (unpaired) electrons. The molecule has 0 bridgehead atoms. The molecule has 0 aliphatic heterocycles. The lowest BCUT2D eigenvalue weighted by atomic mass is 10.1. The van der Waals surface area contributed by atoms with Gasteiger partial charge in [0.2, 0.25) is 0 Å². The lowest BCUT2D eigenvalue weighted by molar-refractivity contribution is 0.0374. The highest BCUT2D eigenvalue weighted by Crippen LogP contribution is 2.04. The van der Waals surface area contributed by atoms with Crippen molar-refractivity contribution in [3.8, 4) is 0 Å². The molecular weight excluding hydrogens is 186 g/mol. The molecule has 15 heavy (non-hydrogen) atoms. The van der Waals surface area contributed by atoms with Crippen molar-refractivity contribution in [1.82, 2.24) is 5.32 Å². The van der Waals surface area contributed by atoms with E-state index < -0.39 is 0 Å². The van der Waals surface area contributed by atoms with E-state index in [1.54, 1.807) is 0 Å². The number of nitrogens with one attached hydrogen (secondary N) is 1. The van der Waals surface area contributed by atoms with Crippen LogP contribution in [0.1, 0.15) is 53.4 Å². The zero-order chi connectivity index (χ0) is 11.5. The van der Waals surface area contributed by atoms with Gasteiger partial charge in [-0.25, -0.2) is 0 Å². The van der Waals surface area contributed by atoms with Crippen molar-refractivity contribution >= 4 is 0 Å². The molecule has 0 aromatic rings. The first kappa shape index (κ1) is 14.9. The smallest absolute Gasteiger partial charge is 0.0594 e. The fourth-order valence-corrected chi connectivity index (χ4v) is 1.31. The Bertz CT molecular complexity index is 126. The minimum atomic E-state index is 0.381. The quantitative estimate of drug-likeness (QED) is 0.565. The molecule has 0 rings (SSSR count). The van der Waals surface area contributed by atoms with Gasteiger partial charge in [-0.15, -0.1) is 0 Å². The Morgan fingerprint density at radius 2 is 1.73 bits per heavy atom. The van der Waals surface area contributed by atoms with E-state index in [0.29, 0.717) is 12.0 Å². The Hall–Kier alpha value is -0.0800. The molecule has 0 fully saturated rings. The molecule has 2 heteroatoms. The van der Waals surface area contributed by atoms with Gasteiger partial charge in [0, 0.05) is 6.54 Å². The summed E-state index contributed by atoms with van der Waals surface area (Å²) in [5.41, 5.74) is 0. The van der Waals surface area contributed by atoms with Gasteiger partial charge in [-0.2, -0.15) is 0 Å². The molecule has 0 aliphatic carbocycles. The Morgan fingerprint density at radius 1 is 1.00 bits per heavy atom. The van der Waals surface area contributed by atoms with Crippen LogP contribution in [0.4, 0.5) is 0 Å². The highest BCUT2D eigenvalue weighted by Gasteiger charge is 2.05. The van der Waals surface area contributed by atoms with Crippen molar-refractivity contribution in [2.24, 2.45) is 5.92 Å². The summed E-state index contributed by atoms with van der Waals surface area (Å²) in [6, 6.07) is 0. The molecule has 0 aliphatic rings. The van der Waals surface area contributed by atoms with Crippen LogP contribution in [0.25, 0.3) is 0 Å². The van der Waals surface area contributed by atoms with E-state index in [1.807, 2.05) is 0 Å². The summed E-state index contributed by atoms with van der Waals surface area (Å²) in [5, 5.41) is 3.41. The number of unbranched alkanes of at least 4 members (excludes halogenated alkanes) is 3. The molecule has 0 amide bonds. The van der Waals surface area contributed by atoms with Gasteiger partial charge in [0.25, 0.3) is 0 Å². The van der Waals surface area contributed by atoms with Gasteiger partial charge >= 0.3 is 0 Å². The third-order valence-electron chi connectivity index (χ3n) is 2.81. The first-order valence-electron chi connectivity index (χ1n) is 6.50. The molecule has 92 valence electrons. The van der Waals surface area contributed by atoms with Crippen LogP contribution in [-0.2, 0) is 4.74 Å². The maximum Gasteiger partial charge on any atom is 0.0594 e. The molecule has 1 N–H and O–H groups in total. The zero-order valence-corrected chi connectivity index (χ0v) is 11.0. The summed E-state index contributed by atoms with van der Waals surface area (Å²) in [6.07, 6.45) is 5.71. The maximum atomic E-state index is 5.67. The topological polar surface area (TPSA) is 21.3 Å². The number of hydrogen-bond donors (Lipinski definition) is 1. The van der Waals surface area contributed by atoms with Crippen molar-refractivity contribution in [3.63, 3.8) is 0 Å². The minimum Gasteiger partial charge on any atom is -0.377 e. The summed E-state index contributed by atoms with van der Waals surface area (Å²) in [7, 11) is 0. The van der Waals surface area contributed by atoms with Gasteiger partial charge < -0.3 is 10.1 Å². The number of hydrogen-bond acceptors (Lipinski definition) is 2. The van der Waals surface area contributed by atoms with Gasteiger partial charge in [0.15, 0.2) is 0 Å². The van der Waals surface area contributed by atoms with Crippen LogP contribution in [0.3, 0.4) is 0 Å². The molecular formula is C13H29NO. The first-order valence-corrected chi connectivity index (χ1v) is 6.50. The Morgan fingerprint density at radius 3 is 2.33 bits per heavy atom. The van der Waals surface area contributed by atoms with Crippen LogP contribution in [0.2, 0.25) is 0 Å². The van der Waals surface area contributed by atoms with Crippen molar-refractivity contribution in [1.29, 1.82) is 0 Å². The summed E-state index contributed by atoms with van der Waals surface area (Å²) in [6.45, 7) is 11.8. The van der Waals surface area contributed by atoms with E-state index >= 15 is 0 Å².